The third-order valence-electron chi connectivity index (χ3n) is 2.11. The number of nitrogens with zero attached hydrogens (tertiary/aromatic N) is 4. The van der Waals surface area contributed by atoms with Crippen molar-refractivity contribution in [3.8, 4) is 0 Å². The van der Waals surface area contributed by atoms with E-state index in [1.54, 1.807) is 6.20 Å². The largest absolute Gasteiger partial charge is 0.336 e. The number of imidazole rings is 1. The number of aryl methyl sites for hydroxylation is 1. The predicted octanol–water partition coefficient (Wildman–Crippen LogP) is -0.153. The molecule has 2 rings (SSSR count). The molecule has 0 radical (unpaired) electrons. The Labute approximate surface area is 81.4 Å². The average Bonchev–Trinajstić information content (AvgIpc) is 2.80. The molecule has 0 saturated carbocycles. The first-order valence-electron chi connectivity index (χ1n) is 4.32. The summed E-state index contributed by atoms with van der Waals surface area (Å²) in [7, 11) is 3.81. The number of rotatable bonds is 3. The molecule has 2 aromatic heterocycles. The lowest BCUT2D eigenvalue weighted by Gasteiger charge is -2.12. The summed E-state index contributed by atoms with van der Waals surface area (Å²) in [5.41, 5.74) is 0. The van der Waals surface area contributed by atoms with E-state index in [9.17, 15) is 0 Å². The summed E-state index contributed by atoms with van der Waals surface area (Å²) in [5, 5.41) is 9.77. The van der Waals surface area contributed by atoms with E-state index >= 15 is 0 Å². The Morgan fingerprint density at radius 2 is 2.36 bits per heavy atom. The van der Waals surface area contributed by atoms with Crippen LogP contribution < -0.4 is 5.32 Å². The van der Waals surface area contributed by atoms with Crippen LogP contribution in [-0.4, -0.2) is 31.8 Å². The molecular formula is C8H12N6. The van der Waals surface area contributed by atoms with Gasteiger partial charge in [0.25, 0.3) is 0 Å². The van der Waals surface area contributed by atoms with E-state index in [1.807, 2.05) is 24.9 Å². The molecule has 2 N–H and O–H groups in total. The normalized spacial score (nSPS) is 13.0. The number of H-pyrrole nitrogens is 1. The summed E-state index contributed by atoms with van der Waals surface area (Å²) in [6.07, 6.45) is 5.15. The molecular weight excluding hydrogens is 180 g/mol. The molecule has 0 amide bonds. The van der Waals surface area contributed by atoms with Crippen LogP contribution in [0.4, 0.5) is 0 Å². The summed E-state index contributed by atoms with van der Waals surface area (Å²) in [5.74, 6) is 1.67. The van der Waals surface area contributed by atoms with E-state index in [0.29, 0.717) is 0 Å². The summed E-state index contributed by atoms with van der Waals surface area (Å²) in [6, 6.07) is -0.0440. The minimum Gasteiger partial charge on any atom is -0.336 e. The quantitative estimate of drug-likeness (QED) is 0.709. The van der Waals surface area contributed by atoms with Crippen molar-refractivity contribution in [2.75, 3.05) is 7.05 Å². The lowest BCUT2D eigenvalue weighted by molar-refractivity contribution is 0.588. The maximum absolute atomic E-state index is 4.26. The maximum atomic E-state index is 4.26. The van der Waals surface area contributed by atoms with Gasteiger partial charge in [0.1, 0.15) is 24.0 Å². The van der Waals surface area contributed by atoms with Gasteiger partial charge in [-0.2, -0.15) is 5.10 Å². The molecule has 2 aromatic rings. The second-order valence-electron chi connectivity index (χ2n) is 2.99. The highest BCUT2D eigenvalue weighted by molar-refractivity contribution is 5.09. The van der Waals surface area contributed by atoms with Gasteiger partial charge in [0.2, 0.25) is 0 Å². The SMILES string of the molecule is CNC(c1ncn[nH]1)c1nccn1C. The first kappa shape index (κ1) is 8.89. The highest BCUT2D eigenvalue weighted by atomic mass is 15.2. The fourth-order valence-corrected chi connectivity index (χ4v) is 1.40. The zero-order valence-corrected chi connectivity index (χ0v) is 8.10. The van der Waals surface area contributed by atoms with Crippen molar-refractivity contribution in [3.63, 3.8) is 0 Å². The molecule has 0 aliphatic heterocycles. The molecule has 1 unspecified atom stereocenters. The summed E-state index contributed by atoms with van der Waals surface area (Å²) in [6.45, 7) is 0. The van der Waals surface area contributed by atoms with Gasteiger partial charge < -0.3 is 9.88 Å². The Bertz CT molecular complexity index is 390. The van der Waals surface area contributed by atoms with Crippen molar-refractivity contribution < 1.29 is 0 Å². The van der Waals surface area contributed by atoms with Crippen LogP contribution in [-0.2, 0) is 7.05 Å². The van der Waals surface area contributed by atoms with Gasteiger partial charge in [-0.1, -0.05) is 0 Å². The standard InChI is InChI=1S/C8H12N6/c1-9-6(7-11-5-12-13-7)8-10-3-4-14(8)2/h3-6,9H,1-2H3,(H,11,12,13). The van der Waals surface area contributed by atoms with Gasteiger partial charge in [0, 0.05) is 19.4 Å². The lowest BCUT2D eigenvalue weighted by atomic mass is 10.2. The Hall–Kier alpha value is -1.69. The molecule has 0 bridgehead atoms. The Kier molecular flexibility index (Phi) is 2.28. The number of hydrogen-bond acceptors (Lipinski definition) is 4. The van der Waals surface area contributed by atoms with Crippen LogP contribution in [0, 0.1) is 0 Å². The Morgan fingerprint density at radius 3 is 2.86 bits per heavy atom. The third kappa shape index (κ3) is 1.39. The first-order chi connectivity index (χ1) is 6.83. The van der Waals surface area contributed by atoms with Crippen LogP contribution in [0.25, 0.3) is 0 Å². The van der Waals surface area contributed by atoms with E-state index in [0.717, 1.165) is 11.6 Å². The van der Waals surface area contributed by atoms with Gasteiger partial charge in [-0.15, -0.1) is 0 Å². The van der Waals surface area contributed by atoms with Gasteiger partial charge in [0.15, 0.2) is 0 Å². The summed E-state index contributed by atoms with van der Waals surface area (Å²) in [4.78, 5) is 8.36. The number of aromatic amines is 1. The highest BCUT2D eigenvalue weighted by Crippen LogP contribution is 2.14. The topological polar surface area (TPSA) is 71.4 Å². The molecule has 6 heteroatoms. The maximum Gasteiger partial charge on any atom is 0.149 e. The third-order valence-corrected chi connectivity index (χ3v) is 2.11. The second kappa shape index (κ2) is 3.59. The van der Waals surface area contributed by atoms with Crippen molar-refractivity contribution in [2.24, 2.45) is 7.05 Å². The van der Waals surface area contributed by atoms with E-state index in [1.165, 1.54) is 6.33 Å². The lowest BCUT2D eigenvalue weighted by Crippen LogP contribution is -2.22. The fraction of sp³-hybridized carbons (Fsp3) is 0.375. The predicted molar refractivity (Wildman–Crippen MR) is 50.5 cm³/mol. The fourth-order valence-electron chi connectivity index (χ4n) is 1.40. The molecule has 2 heterocycles. The monoisotopic (exact) mass is 192 g/mol. The van der Waals surface area contributed by atoms with Gasteiger partial charge >= 0.3 is 0 Å². The molecule has 0 aliphatic rings. The van der Waals surface area contributed by atoms with E-state index in [2.05, 4.69) is 25.5 Å². The summed E-state index contributed by atoms with van der Waals surface area (Å²) < 4.78 is 1.95. The zero-order valence-electron chi connectivity index (χ0n) is 8.10. The van der Waals surface area contributed by atoms with Crippen LogP contribution in [0.15, 0.2) is 18.7 Å². The summed E-state index contributed by atoms with van der Waals surface area (Å²) >= 11 is 0. The number of aromatic nitrogens is 5. The van der Waals surface area contributed by atoms with E-state index < -0.39 is 0 Å². The second-order valence-corrected chi connectivity index (χ2v) is 2.99. The molecule has 0 saturated heterocycles. The van der Waals surface area contributed by atoms with Crippen LogP contribution in [0.3, 0.4) is 0 Å². The molecule has 1 atom stereocenters. The van der Waals surface area contributed by atoms with Crippen LogP contribution in [0.2, 0.25) is 0 Å². The number of hydrogen-bond donors (Lipinski definition) is 2. The Morgan fingerprint density at radius 1 is 1.50 bits per heavy atom. The van der Waals surface area contributed by atoms with Crippen LogP contribution in [0.1, 0.15) is 17.7 Å². The molecule has 74 valence electrons. The average molecular weight is 192 g/mol. The molecule has 0 aromatic carbocycles. The first-order valence-corrected chi connectivity index (χ1v) is 4.32. The number of nitrogens with one attached hydrogen (secondary N) is 2. The van der Waals surface area contributed by atoms with Crippen LogP contribution in [0.5, 0.6) is 0 Å². The molecule has 6 nitrogen and oxygen atoms in total. The smallest absolute Gasteiger partial charge is 0.149 e. The molecule has 0 spiro atoms. The van der Waals surface area contributed by atoms with Crippen molar-refractivity contribution in [2.45, 2.75) is 6.04 Å². The van der Waals surface area contributed by atoms with E-state index in [-0.39, 0.29) is 6.04 Å². The highest BCUT2D eigenvalue weighted by Gasteiger charge is 2.18. The Balaban J connectivity index is 2.36. The van der Waals surface area contributed by atoms with Gasteiger partial charge in [-0.05, 0) is 7.05 Å². The minimum absolute atomic E-state index is 0.0440. The van der Waals surface area contributed by atoms with Crippen molar-refractivity contribution in [3.05, 3.63) is 30.4 Å². The molecule has 0 aliphatic carbocycles. The van der Waals surface area contributed by atoms with Crippen LogP contribution >= 0.6 is 0 Å². The van der Waals surface area contributed by atoms with Gasteiger partial charge in [-0.25, -0.2) is 9.97 Å². The van der Waals surface area contributed by atoms with Crippen molar-refractivity contribution in [1.82, 2.24) is 30.0 Å². The molecule has 0 fully saturated rings. The van der Waals surface area contributed by atoms with Gasteiger partial charge in [-0.3, -0.25) is 5.10 Å². The molecule has 14 heavy (non-hydrogen) atoms. The van der Waals surface area contributed by atoms with E-state index in [4.69, 9.17) is 0 Å². The van der Waals surface area contributed by atoms with Crippen molar-refractivity contribution in [1.29, 1.82) is 0 Å². The van der Waals surface area contributed by atoms with Gasteiger partial charge in [0.05, 0.1) is 0 Å². The minimum atomic E-state index is -0.0440. The van der Waals surface area contributed by atoms with Crippen molar-refractivity contribution >= 4 is 0 Å². The zero-order chi connectivity index (χ0) is 9.97.